The lowest BCUT2D eigenvalue weighted by atomic mass is 9.98. The van der Waals surface area contributed by atoms with Crippen molar-refractivity contribution in [1.29, 1.82) is 0 Å². The highest BCUT2D eigenvalue weighted by molar-refractivity contribution is 5.74. The minimum Gasteiger partial charge on any atom is -0.479 e. The van der Waals surface area contributed by atoms with Gasteiger partial charge in [0.25, 0.3) is 0 Å². The molecule has 1 heterocycles. The molecule has 6 unspecified atom stereocenters. The molecule has 0 bridgehead atoms. The number of esters is 3. The summed E-state index contributed by atoms with van der Waals surface area (Å²) < 4.78 is 28.5. The van der Waals surface area contributed by atoms with Crippen LogP contribution >= 0.6 is 0 Å². The van der Waals surface area contributed by atoms with Gasteiger partial charge in [-0.15, -0.1) is 0 Å². The number of rotatable bonds is 57. The SMILES string of the molecule is CCCCC/C=C\C/C=C\C/C=C\CCCCCCCCC(=O)OCC(COC1OC(C(=O)O)C(O)C(O)C1OC(=O)CCCCCCCCCCCCCCC)OC(=O)CCCCCCCCCCCCCCCCCCC. The van der Waals surface area contributed by atoms with Gasteiger partial charge in [-0.25, -0.2) is 4.79 Å². The Bertz CT molecular complexity index is 1510. The molecule has 79 heavy (non-hydrogen) atoms. The molecule has 6 atom stereocenters. The fourth-order valence-electron chi connectivity index (χ4n) is 10.1. The maximum absolute atomic E-state index is 13.2. The van der Waals surface area contributed by atoms with E-state index >= 15 is 0 Å². The number of aliphatic hydroxyl groups is 2. The minimum absolute atomic E-state index is 0.0651. The number of hydrogen-bond donors (Lipinski definition) is 3. The third-order valence-electron chi connectivity index (χ3n) is 15.2. The molecule has 0 aromatic heterocycles. The van der Waals surface area contributed by atoms with Crippen molar-refractivity contribution in [3.63, 3.8) is 0 Å². The normalized spacial score (nSPS) is 18.0. The van der Waals surface area contributed by atoms with Gasteiger partial charge in [-0.2, -0.15) is 0 Å². The summed E-state index contributed by atoms with van der Waals surface area (Å²) in [5.41, 5.74) is 0. The van der Waals surface area contributed by atoms with Crippen molar-refractivity contribution in [2.45, 2.75) is 353 Å². The van der Waals surface area contributed by atoms with Crippen molar-refractivity contribution < 1.29 is 58.2 Å². The monoisotopic (exact) mass is 1120 g/mol. The Morgan fingerprint density at radius 1 is 0.418 bits per heavy atom. The number of carbonyl (C=O) groups is 4. The second kappa shape index (κ2) is 55.5. The van der Waals surface area contributed by atoms with Gasteiger partial charge < -0.3 is 39.0 Å². The first-order chi connectivity index (χ1) is 38.6. The minimum atomic E-state index is -1.90. The van der Waals surface area contributed by atoms with Gasteiger partial charge in [0.05, 0.1) is 6.61 Å². The lowest BCUT2D eigenvalue weighted by Gasteiger charge is -2.40. The molecule has 0 aromatic rings. The van der Waals surface area contributed by atoms with E-state index in [0.29, 0.717) is 19.3 Å². The van der Waals surface area contributed by atoms with Crippen LogP contribution in [0.1, 0.15) is 316 Å². The maximum Gasteiger partial charge on any atom is 0.335 e. The molecule has 0 radical (unpaired) electrons. The molecule has 0 aliphatic carbocycles. The predicted octanol–water partition coefficient (Wildman–Crippen LogP) is 17.6. The Morgan fingerprint density at radius 2 is 0.759 bits per heavy atom. The van der Waals surface area contributed by atoms with E-state index in [1.54, 1.807) is 0 Å². The van der Waals surface area contributed by atoms with E-state index in [-0.39, 0.29) is 25.9 Å². The van der Waals surface area contributed by atoms with Crippen LogP contribution in [0.3, 0.4) is 0 Å². The number of aliphatic carboxylic acids is 1. The zero-order valence-corrected chi connectivity index (χ0v) is 50.9. The van der Waals surface area contributed by atoms with E-state index < -0.39 is 67.3 Å². The zero-order valence-electron chi connectivity index (χ0n) is 50.9. The molecule has 0 amide bonds. The molecule has 3 N–H and O–H groups in total. The van der Waals surface area contributed by atoms with Crippen LogP contribution in [0.15, 0.2) is 36.5 Å². The van der Waals surface area contributed by atoms with E-state index in [1.807, 2.05) is 0 Å². The summed E-state index contributed by atoms with van der Waals surface area (Å²) >= 11 is 0. The highest BCUT2D eigenvalue weighted by atomic mass is 16.7. The first-order valence-corrected chi connectivity index (χ1v) is 33.0. The average Bonchev–Trinajstić information content (AvgIpc) is 3.44. The third-order valence-corrected chi connectivity index (χ3v) is 15.2. The number of hydrogen-bond acceptors (Lipinski definition) is 11. The van der Waals surface area contributed by atoms with Crippen LogP contribution in [0.5, 0.6) is 0 Å². The molecule has 12 heteroatoms. The summed E-state index contributed by atoms with van der Waals surface area (Å²) in [6, 6.07) is 0. The first-order valence-electron chi connectivity index (χ1n) is 33.0. The maximum atomic E-state index is 13.2. The number of ether oxygens (including phenoxy) is 5. The van der Waals surface area contributed by atoms with E-state index in [4.69, 9.17) is 23.7 Å². The largest absolute Gasteiger partial charge is 0.479 e. The van der Waals surface area contributed by atoms with Crippen LogP contribution in [0.25, 0.3) is 0 Å². The zero-order chi connectivity index (χ0) is 57.5. The lowest BCUT2D eigenvalue weighted by Crippen LogP contribution is -2.61. The standard InChI is InChI=1S/C67H120O12/c1-4-7-10-13-16-19-22-25-27-29-30-32-33-36-38-41-44-47-50-53-59(68)75-56-58(77-60(69)54-51-48-45-42-40-37-34-31-28-26-23-20-17-14-11-8-5-2)57-76-67-65(63(72)62(71)64(79-67)66(73)74)78-61(70)55-52-49-46-43-39-35-24-21-18-15-12-9-6-3/h16,19,25,27,30,32,58,62-65,67,71-72H,4-15,17-18,20-24,26,28-29,31,33-57H2,1-3H3,(H,73,74)/b19-16-,27-25-,32-30-. The number of carboxylic acids is 1. The lowest BCUT2D eigenvalue weighted by molar-refractivity contribution is -0.301. The molecular formula is C67H120O12. The van der Waals surface area contributed by atoms with E-state index in [0.717, 1.165) is 96.3 Å². The van der Waals surface area contributed by atoms with Crippen LogP contribution < -0.4 is 0 Å². The van der Waals surface area contributed by atoms with Crippen molar-refractivity contribution >= 4 is 23.9 Å². The quantitative estimate of drug-likeness (QED) is 0.0228. The Morgan fingerprint density at radius 3 is 1.18 bits per heavy atom. The fourth-order valence-corrected chi connectivity index (χ4v) is 10.1. The molecule has 460 valence electrons. The predicted molar refractivity (Wildman–Crippen MR) is 322 cm³/mol. The topological polar surface area (TPSA) is 175 Å². The molecule has 1 saturated heterocycles. The van der Waals surface area contributed by atoms with Crippen molar-refractivity contribution in [2.24, 2.45) is 0 Å². The molecule has 0 spiro atoms. The summed E-state index contributed by atoms with van der Waals surface area (Å²) in [5.74, 6) is -3.10. The number of carbonyl (C=O) groups excluding carboxylic acids is 3. The van der Waals surface area contributed by atoms with Gasteiger partial charge >= 0.3 is 23.9 Å². The Balaban J connectivity index is 2.65. The van der Waals surface area contributed by atoms with E-state index in [1.165, 1.54) is 161 Å². The van der Waals surface area contributed by atoms with Gasteiger partial charge in [-0.3, -0.25) is 14.4 Å². The van der Waals surface area contributed by atoms with Crippen molar-refractivity contribution in [2.75, 3.05) is 13.2 Å². The second-order valence-corrected chi connectivity index (χ2v) is 22.8. The van der Waals surface area contributed by atoms with Gasteiger partial charge in [0.2, 0.25) is 0 Å². The average molecular weight is 1120 g/mol. The van der Waals surface area contributed by atoms with Crippen LogP contribution in [0.2, 0.25) is 0 Å². The summed E-state index contributed by atoms with van der Waals surface area (Å²) in [6.45, 7) is 6.00. The van der Waals surface area contributed by atoms with Gasteiger partial charge in [0.15, 0.2) is 24.6 Å². The number of unbranched alkanes of at least 4 members (excludes halogenated alkanes) is 37. The molecule has 0 aromatic carbocycles. The number of aliphatic hydroxyl groups excluding tert-OH is 2. The first kappa shape index (κ1) is 74.0. The van der Waals surface area contributed by atoms with Gasteiger partial charge in [0, 0.05) is 19.3 Å². The number of carboxylic acid groups (broad SMARTS) is 1. The van der Waals surface area contributed by atoms with Gasteiger partial charge in [-0.05, 0) is 57.8 Å². The highest BCUT2D eigenvalue weighted by Gasteiger charge is 2.50. The van der Waals surface area contributed by atoms with Crippen molar-refractivity contribution in [3.05, 3.63) is 36.5 Å². The molecule has 1 rings (SSSR count). The van der Waals surface area contributed by atoms with Crippen LogP contribution in [-0.2, 0) is 42.9 Å². The smallest absolute Gasteiger partial charge is 0.335 e. The van der Waals surface area contributed by atoms with Crippen LogP contribution in [0.4, 0.5) is 0 Å². The molecule has 1 aliphatic rings. The van der Waals surface area contributed by atoms with Crippen molar-refractivity contribution in [3.8, 4) is 0 Å². The Kier molecular flexibility index (Phi) is 51.9. The van der Waals surface area contributed by atoms with Crippen molar-refractivity contribution in [1.82, 2.24) is 0 Å². The summed E-state index contributed by atoms with van der Waals surface area (Å²) in [7, 11) is 0. The van der Waals surface area contributed by atoms with Crippen LogP contribution in [0, 0.1) is 0 Å². The molecular weight excluding hydrogens is 997 g/mol. The molecule has 1 aliphatic heterocycles. The fraction of sp³-hybridized carbons (Fsp3) is 0.851. The summed E-state index contributed by atoms with van der Waals surface area (Å²) in [4.78, 5) is 51.3. The van der Waals surface area contributed by atoms with Crippen LogP contribution in [-0.4, -0.2) is 89.2 Å². The summed E-state index contributed by atoms with van der Waals surface area (Å²) in [6.07, 6.45) is 53.9. The third kappa shape index (κ3) is 45.2. The second-order valence-electron chi connectivity index (χ2n) is 22.8. The molecule has 0 saturated carbocycles. The Labute approximate surface area is 482 Å². The van der Waals surface area contributed by atoms with Gasteiger partial charge in [-0.1, -0.05) is 276 Å². The van der Waals surface area contributed by atoms with E-state index in [9.17, 15) is 34.5 Å². The molecule has 1 fully saturated rings. The van der Waals surface area contributed by atoms with E-state index in [2.05, 4.69) is 57.2 Å². The number of allylic oxidation sites excluding steroid dienone is 6. The van der Waals surface area contributed by atoms with Gasteiger partial charge in [0.1, 0.15) is 18.8 Å². The summed E-state index contributed by atoms with van der Waals surface area (Å²) in [5, 5.41) is 31.6. The Hall–Kier alpha value is -3.06. The highest BCUT2D eigenvalue weighted by Crippen LogP contribution is 2.27. The molecule has 12 nitrogen and oxygen atoms in total.